The Balaban J connectivity index is 3.36. The van der Waals surface area contributed by atoms with Crippen LogP contribution in [-0.2, 0) is 0 Å². The molecule has 0 aliphatic carbocycles. The highest BCUT2D eigenvalue weighted by Gasteiger charge is 1.83. The van der Waals surface area contributed by atoms with Crippen LogP contribution in [0.1, 0.15) is 13.8 Å². The molecule has 9 heavy (non-hydrogen) atoms. The Morgan fingerprint density at radius 2 is 2.33 bits per heavy atom. The normalized spacial score (nSPS) is 10.6. The third-order valence-electron chi connectivity index (χ3n) is 0.558. The van der Waals surface area contributed by atoms with E-state index in [4.69, 9.17) is 11.1 Å². The summed E-state index contributed by atoms with van der Waals surface area (Å²) in [5, 5.41) is 10.3. The van der Waals surface area contributed by atoms with Crippen molar-refractivity contribution in [1.82, 2.24) is 5.43 Å². The average Bonchev–Trinajstić information content (AvgIpc) is 1.63. The van der Waals surface area contributed by atoms with Crippen molar-refractivity contribution in [1.29, 1.82) is 5.41 Å². The van der Waals surface area contributed by atoms with Gasteiger partial charge in [0.15, 0.2) is 0 Å². The fourth-order valence-corrected chi connectivity index (χ4v) is 0.256. The SMILES string of the molecule is CC(C)/C=N/NC(=N)N. The topological polar surface area (TPSA) is 74.3 Å². The number of hydrazone groups is 1. The molecule has 0 fully saturated rings. The quantitative estimate of drug-likeness (QED) is 0.280. The van der Waals surface area contributed by atoms with Crippen molar-refractivity contribution in [2.45, 2.75) is 13.8 Å². The monoisotopic (exact) mass is 128 g/mol. The predicted octanol–water partition coefficient (Wildman–Crippen LogP) is 0.111. The van der Waals surface area contributed by atoms with Gasteiger partial charge in [-0.2, -0.15) is 5.10 Å². The Morgan fingerprint density at radius 3 is 2.67 bits per heavy atom. The van der Waals surface area contributed by atoms with Crippen molar-refractivity contribution in [3.05, 3.63) is 0 Å². The van der Waals surface area contributed by atoms with Gasteiger partial charge in [-0.15, -0.1) is 0 Å². The Bertz CT molecular complexity index is 116. The molecule has 0 spiro atoms. The highest BCUT2D eigenvalue weighted by Crippen LogP contribution is 1.82. The maximum atomic E-state index is 6.69. The Morgan fingerprint density at radius 1 is 1.78 bits per heavy atom. The second kappa shape index (κ2) is 3.88. The number of nitrogens with one attached hydrogen (secondary N) is 2. The summed E-state index contributed by atoms with van der Waals surface area (Å²) in [4.78, 5) is 0. The summed E-state index contributed by atoms with van der Waals surface area (Å²) < 4.78 is 0. The minimum absolute atomic E-state index is 0.132. The van der Waals surface area contributed by atoms with Crippen LogP contribution in [0.2, 0.25) is 0 Å². The fourth-order valence-electron chi connectivity index (χ4n) is 0.256. The molecule has 52 valence electrons. The van der Waals surface area contributed by atoms with Crippen molar-refractivity contribution in [2.24, 2.45) is 16.8 Å². The standard InChI is InChI=1S/C5H12N4/c1-4(2)3-8-9-5(6)7/h3-4H,1-2H3,(H4,6,7,9)/b8-3+. The van der Waals surface area contributed by atoms with Crippen molar-refractivity contribution in [3.63, 3.8) is 0 Å². The Labute approximate surface area is 54.6 Å². The second-order valence-electron chi connectivity index (χ2n) is 2.05. The Hall–Kier alpha value is -1.06. The molecule has 0 unspecified atom stereocenters. The summed E-state index contributed by atoms with van der Waals surface area (Å²) in [6.45, 7) is 3.98. The van der Waals surface area contributed by atoms with Crippen LogP contribution in [0.5, 0.6) is 0 Å². The molecule has 4 N–H and O–H groups in total. The van der Waals surface area contributed by atoms with Crippen LogP contribution in [0.15, 0.2) is 5.10 Å². The van der Waals surface area contributed by atoms with Gasteiger partial charge in [-0.3, -0.25) is 5.41 Å². The largest absolute Gasteiger partial charge is 0.369 e. The van der Waals surface area contributed by atoms with E-state index in [2.05, 4.69) is 10.5 Å². The maximum Gasteiger partial charge on any atom is 0.206 e. The van der Waals surface area contributed by atoms with E-state index in [1.165, 1.54) is 0 Å². The van der Waals surface area contributed by atoms with Crippen LogP contribution >= 0.6 is 0 Å². The van der Waals surface area contributed by atoms with E-state index in [-0.39, 0.29) is 5.96 Å². The average molecular weight is 128 g/mol. The molecular formula is C5H12N4. The molecule has 4 nitrogen and oxygen atoms in total. The summed E-state index contributed by atoms with van der Waals surface area (Å²) >= 11 is 0. The summed E-state index contributed by atoms with van der Waals surface area (Å²) in [5.41, 5.74) is 7.24. The number of guanidine groups is 1. The minimum atomic E-state index is -0.132. The molecule has 0 atom stereocenters. The van der Waals surface area contributed by atoms with E-state index in [9.17, 15) is 0 Å². The first-order chi connectivity index (χ1) is 4.13. The molecular weight excluding hydrogens is 116 g/mol. The van der Waals surface area contributed by atoms with Gasteiger partial charge in [-0.1, -0.05) is 13.8 Å². The second-order valence-corrected chi connectivity index (χ2v) is 2.05. The van der Waals surface area contributed by atoms with Gasteiger partial charge in [0.1, 0.15) is 0 Å². The van der Waals surface area contributed by atoms with Gasteiger partial charge < -0.3 is 5.73 Å². The van der Waals surface area contributed by atoms with Crippen molar-refractivity contribution in [2.75, 3.05) is 0 Å². The highest BCUT2D eigenvalue weighted by atomic mass is 15.3. The molecule has 0 bridgehead atoms. The number of nitrogens with two attached hydrogens (primary N) is 1. The zero-order chi connectivity index (χ0) is 7.28. The molecule has 0 rings (SSSR count). The molecule has 0 amide bonds. The van der Waals surface area contributed by atoms with Crippen molar-refractivity contribution >= 4 is 12.2 Å². The van der Waals surface area contributed by atoms with E-state index in [0.29, 0.717) is 5.92 Å². The van der Waals surface area contributed by atoms with Gasteiger partial charge in [0.2, 0.25) is 5.96 Å². The van der Waals surface area contributed by atoms with Crippen molar-refractivity contribution in [3.8, 4) is 0 Å². The first-order valence-electron chi connectivity index (χ1n) is 2.76. The van der Waals surface area contributed by atoms with Gasteiger partial charge in [0.05, 0.1) is 0 Å². The van der Waals surface area contributed by atoms with Crippen LogP contribution in [0.3, 0.4) is 0 Å². The molecule has 0 radical (unpaired) electrons. The maximum absolute atomic E-state index is 6.69. The predicted molar refractivity (Wildman–Crippen MR) is 38.4 cm³/mol. The molecule has 0 aromatic carbocycles. The summed E-state index contributed by atoms with van der Waals surface area (Å²) in [7, 11) is 0. The third-order valence-corrected chi connectivity index (χ3v) is 0.558. The van der Waals surface area contributed by atoms with E-state index >= 15 is 0 Å². The van der Waals surface area contributed by atoms with Crippen LogP contribution in [0.4, 0.5) is 0 Å². The number of hydrogen-bond donors (Lipinski definition) is 3. The summed E-state index contributed by atoms with van der Waals surface area (Å²) in [6, 6.07) is 0. The molecule has 4 heteroatoms. The lowest BCUT2D eigenvalue weighted by Crippen LogP contribution is -2.25. The van der Waals surface area contributed by atoms with Gasteiger partial charge in [0.25, 0.3) is 0 Å². The first-order valence-corrected chi connectivity index (χ1v) is 2.76. The Kier molecular flexibility index (Phi) is 3.43. The molecule has 0 saturated heterocycles. The van der Waals surface area contributed by atoms with Crippen LogP contribution < -0.4 is 11.2 Å². The van der Waals surface area contributed by atoms with Gasteiger partial charge in [-0.05, 0) is 5.92 Å². The van der Waals surface area contributed by atoms with E-state index in [1.807, 2.05) is 13.8 Å². The lowest BCUT2D eigenvalue weighted by molar-refractivity contribution is 0.880. The first kappa shape index (κ1) is 7.94. The zero-order valence-corrected chi connectivity index (χ0v) is 5.68. The highest BCUT2D eigenvalue weighted by molar-refractivity contribution is 5.75. The lowest BCUT2D eigenvalue weighted by Gasteiger charge is -1.94. The fraction of sp³-hybridized carbons (Fsp3) is 0.600. The van der Waals surface area contributed by atoms with E-state index < -0.39 is 0 Å². The lowest BCUT2D eigenvalue weighted by atomic mass is 10.3. The van der Waals surface area contributed by atoms with Gasteiger partial charge in [0, 0.05) is 6.21 Å². The van der Waals surface area contributed by atoms with Crippen molar-refractivity contribution < 1.29 is 0 Å². The number of rotatable bonds is 2. The zero-order valence-electron chi connectivity index (χ0n) is 5.68. The molecule has 0 aliphatic heterocycles. The summed E-state index contributed by atoms with van der Waals surface area (Å²) in [5.74, 6) is 0.253. The van der Waals surface area contributed by atoms with Crippen LogP contribution in [0, 0.1) is 11.3 Å². The molecule has 0 aliphatic rings. The van der Waals surface area contributed by atoms with Crippen LogP contribution in [-0.4, -0.2) is 12.2 Å². The molecule has 0 saturated carbocycles. The molecule has 0 aromatic heterocycles. The minimum Gasteiger partial charge on any atom is -0.369 e. The van der Waals surface area contributed by atoms with Crippen LogP contribution in [0.25, 0.3) is 0 Å². The molecule has 0 aromatic rings. The van der Waals surface area contributed by atoms with Gasteiger partial charge >= 0.3 is 0 Å². The number of nitrogens with zero attached hydrogens (tertiary/aromatic N) is 1. The van der Waals surface area contributed by atoms with E-state index in [1.54, 1.807) is 6.21 Å². The van der Waals surface area contributed by atoms with Gasteiger partial charge in [-0.25, -0.2) is 5.43 Å². The summed E-state index contributed by atoms with van der Waals surface area (Å²) in [6.07, 6.45) is 1.68. The smallest absolute Gasteiger partial charge is 0.206 e. The number of hydrogen-bond acceptors (Lipinski definition) is 2. The third kappa shape index (κ3) is 6.94. The molecule has 0 heterocycles. The van der Waals surface area contributed by atoms with E-state index in [0.717, 1.165) is 0 Å².